The number of H-pyrrole nitrogens is 1. The van der Waals surface area contributed by atoms with E-state index in [2.05, 4.69) is 15.0 Å². The largest absolute Gasteiger partial charge is 0.443 e. The second-order valence-corrected chi connectivity index (χ2v) is 4.18. The van der Waals surface area contributed by atoms with Crippen LogP contribution < -0.4 is 0 Å². The summed E-state index contributed by atoms with van der Waals surface area (Å²) in [4.78, 5) is 11.3. The molecule has 0 saturated heterocycles. The van der Waals surface area contributed by atoms with Gasteiger partial charge >= 0.3 is 0 Å². The van der Waals surface area contributed by atoms with E-state index in [9.17, 15) is 0 Å². The minimum Gasteiger partial charge on any atom is -0.443 e. The molecular formula is C12H9N3OS. The van der Waals surface area contributed by atoms with Crippen LogP contribution in [0.4, 0.5) is 0 Å². The smallest absolute Gasteiger partial charge is 0.197 e. The number of rotatable bonds is 1. The summed E-state index contributed by atoms with van der Waals surface area (Å²) >= 11 is 5.06. The Balaban J connectivity index is 2.22. The zero-order chi connectivity index (χ0) is 11.8. The number of aromatic amines is 1. The first-order valence-corrected chi connectivity index (χ1v) is 5.55. The molecule has 17 heavy (non-hydrogen) atoms. The first-order valence-electron chi connectivity index (χ1n) is 5.14. The molecule has 0 aliphatic rings. The van der Waals surface area contributed by atoms with Gasteiger partial charge in [0.15, 0.2) is 16.7 Å². The second-order valence-electron chi connectivity index (χ2n) is 3.79. The van der Waals surface area contributed by atoms with Gasteiger partial charge in [0.25, 0.3) is 0 Å². The van der Waals surface area contributed by atoms with Gasteiger partial charge < -0.3 is 9.40 Å². The molecular weight excluding hydrogens is 234 g/mol. The van der Waals surface area contributed by atoms with E-state index in [1.807, 2.05) is 31.2 Å². The van der Waals surface area contributed by atoms with Crippen molar-refractivity contribution in [3.8, 4) is 11.3 Å². The Bertz CT molecular complexity index is 745. The van der Waals surface area contributed by atoms with E-state index >= 15 is 0 Å². The molecule has 84 valence electrons. The molecule has 0 aliphatic heterocycles. The summed E-state index contributed by atoms with van der Waals surface area (Å²) in [5.74, 6) is 0. The minimum absolute atomic E-state index is 0.484. The van der Waals surface area contributed by atoms with Crippen molar-refractivity contribution in [2.45, 2.75) is 6.92 Å². The highest BCUT2D eigenvalue weighted by molar-refractivity contribution is 7.71. The van der Waals surface area contributed by atoms with Crippen LogP contribution in [0.15, 0.2) is 35.1 Å². The number of hydrogen-bond acceptors (Lipinski definition) is 4. The van der Waals surface area contributed by atoms with Crippen molar-refractivity contribution in [3.05, 3.63) is 41.1 Å². The van der Waals surface area contributed by atoms with Crippen LogP contribution in [-0.2, 0) is 0 Å². The Morgan fingerprint density at radius 3 is 3.00 bits per heavy atom. The highest BCUT2D eigenvalue weighted by atomic mass is 32.1. The summed E-state index contributed by atoms with van der Waals surface area (Å²) < 4.78 is 5.75. The highest BCUT2D eigenvalue weighted by Gasteiger charge is 2.04. The van der Waals surface area contributed by atoms with Crippen LogP contribution in [0, 0.1) is 11.7 Å². The molecule has 0 atom stereocenters. The summed E-state index contributed by atoms with van der Waals surface area (Å²) in [6.07, 6.45) is 1.43. The average molecular weight is 243 g/mol. The lowest BCUT2D eigenvalue weighted by Crippen LogP contribution is -1.90. The molecule has 0 unspecified atom stereocenters. The minimum atomic E-state index is 0.484. The zero-order valence-electron chi connectivity index (χ0n) is 9.10. The normalized spacial score (nSPS) is 10.9. The van der Waals surface area contributed by atoms with Gasteiger partial charge in [0.05, 0.1) is 5.69 Å². The molecule has 0 amide bonds. The molecule has 0 saturated carbocycles. The van der Waals surface area contributed by atoms with Crippen molar-refractivity contribution in [1.29, 1.82) is 0 Å². The number of aryl methyl sites for hydroxylation is 1. The summed E-state index contributed by atoms with van der Waals surface area (Å²) in [6.45, 7) is 1.95. The molecule has 0 fully saturated rings. The Morgan fingerprint density at radius 2 is 2.18 bits per heavy atom. The third-order valence-corrected chi connectivity index (χ3v) is 2.70. The van der Waals surface area contributed by atoms with Gasteiger partial charge in [-0.2, -0.15) is 0 Å². The van der Waals surface area contributed by atoms with Gasteiger partial charge in [0.2, 0.25) is 0 Å². The molecule has 0 aliphatic carbocycles. The Kier molecular flexibility index (Phi) is 2.26. The molecule has 4 nitrogen and oxygen atoms in total. The van der Waals surface area contributed by atoms with E-state index in [-0.39, 0.29) is 0 Å². The monoisotopic (exact) mass is 243 g/mol. The predicted molar refractivity (Wildman–Crippen MR) is 67.2 cm³/mol. The molecule has 3 aromatic rings. The van der Waals surface area contributed by atoms with E-state index < -0.39 is 0 Å². The molecule has 1 N–H and O–H groups in total. The average Bonchev–Trinajstić information content (AvgIpc) is 2.74. The van der Waals surface area contributed by atoms with Crippen molar-refractivity contribution in [2.75, 3.05) is 0 Å². The number of nitrogens with zero attached hydrogens (tertiary/aromatic N) is 2. The van der Waals surface area contributed by atoms with Crippen LogP contribution >= 0.6 is 12.2 Å². The highest BCUT2D eigenvalue weighted by Crippen LogP contribution is 2.22. The first-order chi connectivity index (χ1) is 8.22. The van der Waals surface area contributed by atoms with Gasteiger partial charge in [-0.25, -0.2) is 9.97 Å². The van der Waals surface area contributed by atoms with Crippen molar-refractivity contribution >= 4 is 23.3 Å². The van der Waals surface area contributed by atoms with E-state index in [1.54, 1.807) is 0 Å². The van der Waals surface area contributed by atoms with Crippen LogP contribution in [0.3, 0.4) is 0 Å². The predicted octanol–water partition coefficient (Wildman–Crippen LogP) is 3.26. The van der Waals surface area contributed by atoms with Crippen molar-refractivity contribution in [1.82, 2.24) is 15.0 Å². The molecule has 1 aromatic carbocycles. The van der Waals surface area contributed by atoms with Crippen LogP contribution in [0.5, 0.6) is 0 Å². The Hall–Kier alpha value is -2.01. The first kappa shape index (κ1) is 10.2. The number of nitrogens with one attached hydrogen (secondary N) is 1. The number of oxazole rings is 1. The van der Waals surface area contributed by atoms with Gasteiger partial charge in [-0.15, -0.1) is 0 Å². The molecule has 3 rings (SSSR count). The Morgan fingerprint density at radius 1 is 1.29 bits per heavy atom. The summed E-state index contributed by atoms with van der Waals surface area (Å²) in [6, 6.07) is 7.73. The lowest BCUT2D eigenvalue weighted by atomic mass is 10.1. The summed E-state index contributed by atoms with van der Waals surface area (Å²) in [7, 11) is 0. The lowest BCUT2D eigenvalue weighted by Gasteiger charge is -2.01. The van der Waals surface area contributed by atoms with Crippen molar-refractivity contribution in [3.63, 3.8) is 0 Å². The number of hydrogen-bond donors (Lipinski definition) is 1. The number of aromatic nitrogens is 3. The topological polar surface area (TPSA) is 54.7 Å². The standard InChI is InChI=1S/C12H9N3OS/c1-7-4-10(15-12(17)14-7)8-2-3-9-11(5-8)16-6-13-9/h2-6H,1H3,(H,14,15,17). The quantitative estimate of drug-likeness (QED) is 0.666. The molecule has 0 spiro atoms. The fraction of sp³-hybridized carbons (Fsp3) is 0.0833. The van der Waals surface area contributed by atoms with E-state index in [0.29, 0.717) is 4.77 Å². The van der Waals surface area contributed by atoms with Crippen LogP contribution in [0.1, 0.15) is 5.69 Å². The molecule has 2 heterocycles. The van der Waals surface area contributed by atoms with Gasteiger partial charge in [-0.1, -0.05) is 6.07 Å². The maximum Gasteiger partial charge on any atom is 0.197 e. The Labute approximate surface area is 102 Å². The van der Waals surface area contributed by atoms with Crippen molar-refractivity contribution in [2.24, 2.45) is 0 Å². The molecule has 2 aromatic heterocycles. The van der Waals surface area contributed by atoms with E-state index in [0.717, 1.165) is 28.1 Å². The fourth-order valence-electron chi connectivity index (χ4n) is 1.74. The fourth-order valence-corrected chi connectivity index (χ4v) is 2.00. The SMILES string of the molecule is Cc1cc(-c2ccc3ncoc3c2)nc(=S)[nH]1. The lowest BCUT2D eigenvalue weighted by molar-refractivity contribution is 0.602. The summed E-state index contributed by atoms with van der Waals surface area (Å²) in [5, 5.41) is 0. The molecule has 0 radical (unpaired) electrons. The third kappa shape index (κ3) is 1.85. The second kappa shape index (κ2) is 3.78. The third-order valence-electron chi connectivity index (χ3n) is 2.51. The van der Waals surface area contributed by atoms with Crippen molar-refractivity contribution < 1.29 is 4.42 Å². The molecule has 5 heteroatoms. The van der Waals surface area contributed by atoms with Gasteiger partial charge in [0, 0.05) is 11.3 Å². The maximum absolute atomic E-state index is 5.27. The van der Waals surface area contributed by atoms with E-state index in [1.165, 1.54) is 6.39 Å². The maximum atomic E-state index is 5.27. The number of benzene rings is 1. The van der Waals surface area contributed by atoms with Crippen LogP contribution in [0.25, 0.3) is 22.4 Å². The van der Waals surface area contributed by atoms with Crippen LogP contribution in [-0.4, -0.2) is 15.0 Å². The molecule has 0 bridgehead atoms. The zero-order valence-corrected chi connectivity index (χ0v) is 9.91. The van der Waals surface area contributed by atoms with Crippen LogP contribution in [0.2, 0.25) is 0 Å². The van der Waals surface area contributed by atoms with Gasteiger partial charge in [0.1, 0.15) is 5.52 Å². The van der Waals surface area contributed by atoms with Gasteiger partial charge in [-0.3, -0.25) is 0 Å². The number of fused-ring (bicyclic) bond motifs is 1. The van der Waals surface area contributed by atoms with Gasteiger partial charge in [-0.05, 0) is 37.3 Å². The van der Waals surface area contributed by atoms with E-state index in [4.69, 9.17) is 16.6 Å². The summed E-state index contributed by atoms with van der Waals surface area (Å²) in [5.41, 5.74) is 4.38.